The number of rotatable bonds is 6. The van der Waals surface area contributed by atoms with Gasteiger partial charge in [0.15, 0.2) is 5.78 Å². The molecule has 2 heterocycles. The Morgan fingerprint density at radius 3 is 2.89 bits per heavy atom. The Hall–Kier alpha value is -2.59. The van der Waals surface area contributed by atoms with Crippen LogP contribution in [0.15, 0.2) is 48.7 Å². The molecule has 1 aliphatic heterocycles. The lowest BCUT2D eigenvalue weighted by Gasteiger charge is -2.18. The van der Waals surface area contributed by atoms with Crippen LogP contribution in [-0.2, 0) is 12.8 Å². The zero-order valence-corrected chi connectivity index (χ0v) is 16.1. The van der Waals surface area contributed by atoms with E-state index in [1.165, 1.54) is 30.3 Å². The number of likely N-dealkylation sites (N-methyl/N-ethyl adjacent to an activating group) is 1. The first kappa shape index (κ1) is 17.8. The molecule has 4 nitrogen and oxygen atoms in total. The molecule has 140 valence electrons. The lowest BCUT2D eigenvalue weighted by atomic mass is 9.98. The summed E-state index contributed by atoms with van der Waals surface area (Å²) in [5.74, 6) is 0.145. The summed E-state index contributed by atoms with van der Waals surface area (Å²) in [5.41, 5.74) is 5.21. The van der Waals surface area contributed by atoms with Gasteiger partial charge < -0.3 is 15.2 Å². The summed E-state index contributed by atoms with van der Waals surface area (Å²) in [4.78, 5) is 18.7. The van der Waals surface area contributed by atoms with Gasteiger partial charge in [0.25, 0.3) is 0 Å². The smallest absolute Gasteiger partial charge is 0.169 e. The van der Waals surface area contributed by atoms with Gasteiger partial charge in [-0.05, 0) is 68.2 Å². The zero-order chi connectivity index (χ0) is 18.8. The Morgan fingerprint density at radius 2 is 2.11 bits per heavy atom. The molecule has 0 bridgehead atoms. The largest absolute Gasteiger partial charge is 0.388 e. The number of fused-ring (bicyclic) bond motifs is 1. The van der Waals surface area contributed by atoms with E-state index < -0.39 is 0 Å². The van der Waals surface area contributed by atoms with Crippen molar-refractivity contribution in [2.45, 2.75) is 31.7 Å². The summed E-state index contributed by atoms with van der Waals surface area (Å²) in [6, 6.07) is 14.7. The topological polar surface area (TPSA) is 48.1 Å². The van der Waals surface area contributed by atoms with Gasteiger partial charge in [-0.1, -0.05) is 18.2 Å². The van der Waals surface area contributed by atoms with E-state index in [1.807, 2.05) is 31.3 Å². The van der Waals surface area contributed by atoms with Crippen LogP contribution >= 0.6 is 0 Å². The van der Waals surface area contributed by atoms with Crippen LogP contribution in [0.3, 0.4) is 0 Å². The summed E-state index contributed by atoms with van der Waals surface area (Å²) >= 11 is 0. The van der Waals surface area contributed by atoms with Crippen LogP contribution < -0.4 is 5.32 Å². The van der Waals surface area contributed by atoms with E-state index in [9.17, 15) is 4.79 Å². The number of Topliss-reactive ketones (excluding diaryl/α,β-unsaturated/α-hetero) is 1. The van der Waals surface area contributed by atoms with Gasteiger partial charge in [-0.3, -0.25) is 4.79 Å². The second-order valence-corrected chi connectivity index (χ2v) is 7.57. The molecule has 1 atom stereocenters. The molecule has 2 aromatic carbocycles. The fraction of sp³-hybridized carbons (Fsp3) is 0.348. The number of carbonyl (C=O) groups is 1. The van der Waals surface area contributed by atoms with Crippen LogP contribution in [0.1, 0.15) is 34.3 Å². The van der Waals surface area contributed by atoms with Crippen molar-refractivity contribution >= 4 is 22.4 Å². The number of ketones is 1. The highest BCUT2D eigenvalue weighted by molar-refractivity contribution is 6.02. The highest BCUT2D eigenvalue weighted by atomic mass is 16.1. The molecule has 0 spiro atoms. The summed E-state index contributed by atoms with van der Waals surface area (Å²) in [6.07, 6.45) is 6.17. The normalized spacial score (nSPS) is 17.5. The third-order valence-electron chi connectivity index (χ3n) is 5.82. The molecule has 1 saturated heterocycles. The first-order valence-electron chi connectivity index (χ1n) is 9.75. The van der Waals surface area contributed by atoms with Crippen molar-refractivity contribution in [3.63, 3.8) is 0 Å². The number of nitrogens with zero attached hydrogens (tertiary/aromatic N) is 1. The molecule has 2 N–H and O–H groups in total. The fourth-order valence-electron chi connectivity index (χ4n) is 4.22. The number of carbonyl (C=O) groups excluding carboxylic acids is 1. The summed E-state index contributed by atoms with van der Waals surface area (Å²) in [6.45, 7) is 1.19. The van der Waals surface area contributed by atoms with Crippen LogP contribution in [0.2, 0.25) is 0 Å². The van der Waals surface area contributed by atoms with E-state index in [0.717, 1.165) is 28.8 Å². The number of likely N-dealkylation sites (tertiary alicyclic amines) is 1. The Bertz CT molecular complexity index is 959. The lowest BCUT2D eigenvalue weighted by Crippen LogP contribution is -2.26. The molecule has 0 radical (unpaired) electrons. The molecule has 0 amide bonds. The molecule has 1 fully saturated rings. The average molecular weight is 361 g/mol. The van der Waals surface area contributed by atoms with Crippen molar-refractivity contribution < 1.29 is 4.79 Å². The number of hydrogen-bond donors (Lipinski definition) is 2. The van der Waals surface area contributed by atoms with Crippen molar-refractivity contribution in [3.8, 4) is 0 Å². The molecule has 3 aromatic rings. The van der Waals surface area contributed by atoms with Crippen molar-refractivity contribution in [1.82, 2.24) is 9.88 Å². The van der Waals surface area contributed by atoms with Crippen LogP contribution in [0.25, 0.3) is 10.9 Å². The number of aromatic amines is 1. The first-order valence-corrected chi connectivity index (χ1v) is 9.75. The second-order valence-electron chi connectivity index (χ2n) is 7.57. The van der Waals surface area contributed by atoms with Gasteiger partial charge in [-0.15, -0.1) is 0 Å². The number of aromatic nitrogens is 1. The fourth-order valence-corrected chi connectivity index (χ4v) is 4.22. The van der Waals surface area contributed by atoms with E-state index in [-0.39, 0.29) is 5.78 Å². The van der Waals surface area contributed by atoms with Crippen molar-refractivity contribution in [1.29, 1.82) is 0 Å². The molecule has 1 aliphatic rings. The molecule has 0 saturated carbocycles. The molecule has 0 aliphatic carbocycles. The highest BCUT2D eigenvalue weighted by Crippen LogP contribution is 2.26. The minimum atomic E-state index is 0.145. The third kappa shape index (κ3) is 3.62. The molecular formula is C23H27N3O. The lowest BCUT2D eigenvalue weighted by molar-refractivity contribution is 0.0994. The van der Waals surface area contributed by atoms with Crippen LogP contribution in [0.5, 0.6) is 0 Å². The predicted molar refractivity (Wildman–Crippen MR) is 112 cm³/mol. The first-order chi connectivity index (χ1) is 13.2. The van der Waals surface area contributed by atoms with Gasteiger partial charge in [-0.25, -0.2) is 0 Å². The Labute approximate surface area is 160 Å². The molecule has 4 heteroatoms. The minimum Gasteiger partial charge on any atom is -0.388 e. The molecule has 27 heavy (non-hydrogen) atoms. The van der Waals surface area contributed by atoms with Gasteiger partial charge in [0.2, 0.25) is 0 Å². The number of hydrogen-bond acceptors (Lipinski definition) is 3. The Morgan fingerprint density at radius 1 is 1.26 bits per heavy atom. The predicted octanol–water partition coefficient (Wildman–Crippen LogP) is 4.27. The monoisotopic (exact) mass is 361 g/mol. The molecular weight excluding hydrogens is 334 g/mol. The van der Waals surface area contributed by atoms with Crippen LogP contribution in [0.4, 0.5) is 5.69 Å². The number of para-hydroxylation sites is 1. The van der Waals surface area contributed by atoms with Gasteiger partial charge >= 0.3 is 0 Å². The minimum absolute atomic E-state index is 0.145. The van der Waals surface area contributed by atoms with Gasteiger partial charge in [0.05, 0.1) is 0 Å². The number of nitrogens with one attached hydrogen (secondary N) is 2. The van der Waals surface area contributed by atoms with Gasteiger partial charge in [-0.2, -0.15) is 0 Å². The number of benzene rings is 2. The average Bonchev–Trinajstić information content (AvgIpc) is 3.28. The van der Waals surface area contributed by atoms with E-state index in [2.05, 4.69) is 46.6 Å². The van der Waals surface area contributed by atoms with E-state index in [0.29, 0.717) is 12.5 Å². The summed E-state index contributed by atoms with van der Waals surface area (Å²) in [7, 11) is 4.07. The van der Waals surface area contributed by atoms with E-state index in [4.69, 9.17) is 0 Å². The summed E-state index contributed by atoms with van der Waals surface area (Å²) < 4.78 is 0. The molecule has 4 rings (SSSR count). The van der Waals surface area contributed by atoms with Crippen molar-refractivity contribution in [2.24, 2.45) is 0 Å². The Balaban J connectivity index is 1.57. The molecule has 1 aromatic heterocycles. The number of H-pyrrole nitrogens is 1. The van der Waals surface area contributed by atoms with E-state index >= 15 is 0 Å². The van der Waals surface area contributed by atoms with Crippen LogP contribution in [-0.4, -0.2) is 42.3 Å². The number of anilines is 1. The van der Waals surface area contributed by atoms with Crippen molar-refractivity contribution in [2.75, 3.05) is 26.0 Å². The summed E-state index contributed by atoms with van der Waals surface area (Å²) in [5, 5.41) is 4.36. The highest BCUT2D eigenvalue weighted by Gasteiger charge is 2.22. The maximum absolute atomic E-state index is 12.8. The Kier molecular flexibility index (Phi) is 4.99. The SMILES string of the molecule is CNc1ccccc1C(=O)Cc1ccc2[nH]cc(CC3CCCN3C)c2c1. The van der Waals surface area contributed by atoms with E-state index in [1.54, 1.807) is 0 Å². The second kappa shape index (κ2) is 7.57. The third-order valence-corrected chi connectivity index (χ3v) is 5.82. The van der Waals surface area contributed by atoms with Gasteiger partial charge in [0.1, 0.15) is 0 Å². The standard InChI is InChI=1S/C23H27N3O/c1-24-21-8-4-3-7-19(21)23(27)13-16-9-10-22-20(12-16)17(15-25-22)14-18-6-5-11-26(18)2/h3-4,7-10,12,15,18,24-25H,5-6,11,13-14H2,1-2H3. The van der Waals surface area contributed by atoms with Crippen molar-refractivity contribution in [3.05, 3.63) is 65.4 Å². The zero-order valence-electron chi connectivity index (χ0n) is 16.1. The maximum Gasteiger partial charge on any atom is 0.169 e. The quantitative estimate of drug-likeness (QED) is 0.645. The maximum atomic E-state index is 12.8. The van der Waals surface area contributed by atoms with Crippen LogP contribution in [0, 0.1) is 0 Å². The van der Waals surface area contributed by atoms with Gasteiger partial charge in [0, 0.05) is 47.9 Å². The molecule has 1 unspecified atom stereocenters.